The fourth-order valence-electron chi connectivity index (χ4n) is 9.19. The van der Waals surface area contributed by atoms with Crippen LogP contribution in [0.1, 0.15) is 61.9 Å². The molecule has 0 fully saturated rings. The summed E-state index contributed by atoms with van der Waals surface area (Å²) in [5.41, 5.74) is 30.6. The number of benzene rings is 3. The topological polar surface area (TPSA) is 498 Å². The van der Waals surface area contributed by atoms with Crippen LogP contribution < -0.4 is 76.5 Å². The number of carbonyl (C=O) groups excluding carboxylic acids is 10. The van der Waals surface area contributed by atoms with Gasteiger partial charge in [0.2, 0.25) is 59.1 Å². The number of amides is 10. The number of phenolic OH excluding ortho intramolecular Hbond substituents is 1. The number of aliphatic imine (C=N–C) groups is 2. The van der Waals surface area contributed by atoms with Crippen molar-refractivity contribution in [2.75, 3.05) is 24.6 Å². The van der Waals surface area contributed by atoms with Crippen molar-refractivity contribution in [3.63, 3.8) is 0 Å². The van der Waals surface area contributed by atoms with Gasteiger partial charge >= 0.3 is 0 Å². The van der Waals surface area contributed by atoms with E-state index in [-0.39, 0.29) is 93.6 Å². The van der Waals surface area contributed by atoms with Crippen LogP contribution >= 0.6 is 25.3 Å². The number of phenols is 1. The Kier molecular flexibility index (Phi) is 28.2. The van der Waals surface area contributed by atoms with Crippen LogP contribution in [0.5, 0.6) is 5.75 Å². The Balaban J connectivity index is 1.36. The second-order valence-electron chi connectivity index (χ2n) is 21.0. The van der Waals surface area contributed by atoms with E-state index in [0.29, 0.717) is 22.4 Å². The number of guanidine groups is 2. The summed E-state index contributed by atoms with van der Waals surface area (Å²) in [6, 6.07) is 9.60. The zero-order valence-electron chi connectivity index (χ0n) is 49.6. The maximum absolute atomic E-state index is 14.7. The van der Waals surface area contributed by atoms with Crippen molar-refractivity contribution in [3.8, 4) is 5.75 Å². The van der Waals surface area contributed by atoms with Crippen LogP contribution in [0.3, 0.4) is 0 Å². The average Bonchev–Trinajstić information content (AvgIpc) is 1.83. The average molecular weight is 1280 g/mol. The molecule has 30 nitrogen and oxygen atoms in total. The van der Waals surface area contributed by atoms with Crippen molar-refractivity contribution in [1.82, 2.24) is 62.8 Å². The van der Waals surface area contributed by atoms with Crippen molar-refractivity contribution >= 4 is 107 Å². The Labute approximate surface area is 529 Å². The third kappa shape index (κ3) is 23.3. The lowest BCUT2D eigenvalue weighted by Gasteiger charge is -2.27. The predicted molar refractivity (Wildman–Crippen MR) is 342 cm³/mol. The highest BCUT2D eigenvalue weighted by Crippen LogP contribution is 2.20. The van der Waals surface area contributed by atoms with Gasteiger partial charge in [-0.2, -0.15) is 25.3 Å². The van der Waals surface area contributed by atoms with Gasteiger partial charge in [-0.15, -0.1) is 0 Å². The van der Waals surface area contributed by atoms with Crippen LogP contribution in [0.2, 0.25) is 0 Å². The van der Waals surface area contributed by atoms with E-state index >= 15 is 0 Å². The molecular weight excluding hydrogens is 1200 g/mol. The number of aromatic hydroxyl groups is 1. The molecule has 5 aromatic rings. The Hall–Kier alpha value is -9.85. The number of fused-ring (bicyclic) bond motifs is 1. The number of imidazole rings is 1. The van der Waals surface area contributed by atoms with E-state index < -0.39 is 113 Å². The van der Waals surface area contributed by atoms with E-state index in [1.807, 2.05) is 18.2 Å². The Morgan fingerprint density at radius 3 is 1.47 bits per heavy atom. The molecule has 2 aromatic heterocycles. The number of H-pyrrole nitrogens is 2. The minimum absolute atomic E-state index is 0.0190. The third-order valence-corrected chi connectivity index (χ3v) is 14.6. The first-order valence-corrected chi connectivity index (χ1v) is 29.9. The fraction of sp³-hybridized carbons (Fsp3) is 0.397. The number of nitrogens with two attached hydrogens (primary N) is 5. The number of primary amides is 1. The predicted octanol–water partition coefficient (Wildman–Crippen LogP) is -3.28. The molecule has 9 atom stereocenters. The first-order valence-electron chi connectivity index (χ1n) is 28.6. The highest BCUT2D eigenvalue weighted by molar-refractivity contribution is 7.80. The van der Waals surface area contributed by atoms with E-state index in [9.17, 15) is 53.1 Å². The molecule has 32 heteroatoms. The fourth-order valence-corrected chi connectivity index (χ4v) is 9.72. The summed E-state index contributed by atoms with van der Waals surface area (Å²) >= 11 is 8.45. The van der Waals surface area contributed by atoms with Crippen molar-refractivity contribution in [3.05, 3.63) is 120 Å². The molecule has 5 rings (SSSR count). The standard InChI is InChI=1S/C58H79N19O11S2/c1-31(69-56(88)47(29-90)77-51(83)41(15-9-21-66-58(62)63)71-52(84)42(70-32(2)78)23-34-16-18-37(79)19-17-34)49(81)73-45(25-36-27-64-30-68-36)55(87)74-43(22-33-10-4-3-5-11-33)53(85)72-40(14-8-20-65-57(60)61)50(82)75-44(54(86)76-46(28-89)48(59)80)24-35-26-67-39-13-7-6-12-38(35)39/h3-7,10-13,16-19,26-27,30-31,40-47,67,79,89-90H,8-9,14-15,20-25,28-29H2,1-2H3,(H2,59,80)(H,64,68)(H,69,88)(H,70,78)(H,71,84)(H,72,85)(H,73,81)(H,74,87)(H,75,82)(H,76,86)(H,77,83)(H4,60,61,65)(H4,62,63,66)/t31-,40+,41+,42+,43-,44+,45+,46+,47+/m1/s1. The maximum atomic E-state index is 14.7. The lowest BCUT2D eigenvalue weighted by atomic mass is 10.0. The summed E-state index contributed by atoms with van der Waals surface area (Å²) in [6.45, 7) is 2.62. The van der Waals surface area contributed by atoms with E-state index in [1.54, 1.807) is 54.7 Å². The van der Waals surface area contributed by atoms with Gasteiger partial charge in [-0.1, -0.05) is 60.7 Å². The number of aromatic nitrogens is 3. The summed E-state index contributed by atoms with van der Waals surface area (Å²) in [6.07, 6.45) is 4.12. The second-order valence-corrected chi connectivity index (χ2v) is 21.7. The molecule has 0 saturated carbocycles. The van der Waals surface area contributed by atoms with Gasteiger partial charge in [0.05, 0.1) is 6.33 Å². The lowest BCUT2D eigenvalue weighted by molar-refractivity contribution is -0.135. The molecule has 0 aliphatic rings. The molecule has 484 valence electrons. The minimum atomic E-state index is -1.47. The minimum Gasteiger partial charge on any atom is -0.508 e. The van der Waals surface area contributed by atoms with Crippen molar-refractivity contribution in [2.45, 2.75) is 120 Å². The first-order chi connectivity index (χ1) is 42.9. The number of thiol groups is 2. The highest BCUT2D eigenvalue weighted by Gasteiger charge is 2.35. The number of rotatable bonds is 36. The number of para-hydroxylation sites is 1. The van der Waals surface area contributed by atoms with Crippen LogP contribution in [0.15, 0.2) is 108 Å². The largest absolute Gasteiger partial charge is 0.508 e. The van der Waals surface area contributed by atoms with Crippen LogP contribution in [0, 0.1) is 0 Å². The smallest absolute Gasteiger partial charge is 0.244 e. The molecule has 0 saturated heterocycles. The van der Waals surface area contributed by atoms with Crippen molar-refractivity contribution in [2.24, 2.45) is 38.7 Å². The molecule has 0 aliphatic heterocycles. The second kappa shape index (κ2) is 35.8. The molecular formula is C58H79N19O11S2. The van der Waals surface area contributed by atoms with Gasteiger partial charge in [0, 0.05) is 86.2 Å². The number of carbonyl (C=O) groups is 10. The zero-order valence-corrected chi connectivity index (χ0v) is 51.4. The molecule has 90 heavy (non-hydrogen) atoms. The van der Waals surface area contributed by atoms with Gasteiger partial charge in [0.25, 0.3) is 0 Å². The molecule has 0 unspecified atom stereocenters. The first kappa shape index (κ1) is 70.9. The van der Waals surface area contributed by atoms with Crippen LogP contribution in [-0.4, -0.2) is 170 Å². The maximum Gasteiger partial charge on any atom is 0.244 e. The van der Waals surface area contributed by atoms with E-state index in [0.717, 1.165) is 10.9 Å². The number of hydrogen-bond acceptors (Lipinski definition) is 16. The molecule has 10 amide bonds. The Morgan fingerprint density at radius 2 is 0.956 bits per heavy atom. The van der Waals surface area contributed by atoms with Gasteiger partial charge in [-0.05, 0) is 67.5 Å². The highest BCUT2D eigenvalue weighted by atomic mass is 32.1. The lowest BCUT2D eigenvalue weighted by Crippen LogP contribution is -2.61. The number of aromatic amines is 2. The molecule has 22 N–H and O–H groups in total. The van der Waals surface area contributed by atoms with E-state index in [4.69, 9.17) is 28.7 Å². The summed E-state index contributed by atoms with van der Waals surface area (Å²) in [5.74, 6) is -9.06. The molecule has 0 spiro atoms. The molecule has 0 aliphatic carbocycles. The van der Waals surface area contributed by atoms with Crippen molar-refractivity contribution < 1.29 is 53.1 Å². The van der Waals surface area contributed by atoms with E-state index in [2.05, 4.69) is 98.0 Å². The monoisotopic (exact) mass is 1280 g/mol. The molecule has 3 aromatic carbocycles. The van der Waals surface area contributed by atoms with Crippen LogP contribution in [0.25, 0.3) is 10.9 Å². The quantitative estimate of drug-likeness (QED) is 0.00809. The van der Waals surface area contributed by atoms with Gasteiger partial charge in [0.15, 0.2) is 11.9 Å². The SMILES string of the molecule is CC(=O)N[C@@H](Cc1ccc(O)cc1)C(=O)N[C@@H](CCCN=C(N)N)C(=O)N[C@@H](CS)C(=O)N[C@H](C)C(=O)N[C@@H](Cc1cnc[nH]1)C(=O)N[C@H](Cc1ccccc1)C(=O)N[C@@H](CCCN=C(N)N)C(=O)N[C@@H](Cc1c[nH]c2ccccc12)C(=O)N[C@@H](CS)C(N)=O. The molecule has 0 radical (unpaired) electrons. The summed E-state index contributed by atoms with van der Waals surface area (Å²) in [4.78, 5) is 156. The van der Waals surface area contributed by atoms with Crippen molar-refractivity contribution in [1.29, 1.82) is 0 Å². The van der Waals surface area contributed by atoms with Crippen LogP contribution in [0.4, 0.5) is 0 Å². The normalized spacial score (nSPS) is 14.0. The number of nitrogens with zero attached hydrogens (tertiary/aromatic N) is 3. The van der Waals surface area contributed by atoms with E-state index in [1.165, 1.54) is 38.5 Å². The third-order valence-electron chi connectivity index (χ3n) is 13.9. The molecule has 0 bridgehead atoms. The van der Waals surface area contributed by atoms with Crippen LogP contribution in [-0.2, 0) is 73.6 Å². The Bertz CT molecular complexity index is 3310. The van der Waals surface area contributed by atoms with Gasteiger partial charge < -0.3 is 91.6 Å². The number of nitrogens with one attached hydrogen (secondary N) is 11. The summed E-state index contributed by atoms with van der Waals surface area (Å²) < 4.78 is 0. The Morgan fingerprint density at radius 1 is 0.511 bits per heavy atom. The van der Waals surface area contributed by atoms with Gasteiger partial charge in [-0.25, -0.2) is 4.98 Å². The van der Waals surface area contributed by atoms with Gasteiger partial charge in [0.1, 0.15) is 60.1 Å². The summed E-state index contributed by atoms with van der Waals surface area (Å²) in [7, 11) is 0. The van der Waals surface area contributed by atoms with Gasteiger partial charge in [-0.3, -0.25) is 57.9 Å². The molecule has 2 heterocycles. The zero-order chi connectivity index (χ0) is 65.9. The number of hydrogen-bond donors (Lipinski definition) is 19. The summed E-state index contributed by atoms with van der Waals surface area (Å²) in [5, 5.41) is 34.2.